The first-order valence-corrected chi connectivity index (χ1v) is 3.70. The molecule has 1 rings (SSSR count). The minimum absolute atomic E-state index is 0.139. The van der Waals surface area contributed by atoms with E-state index in [1.165, 1.54) is 6.07 Å². The van der Waals surface area contributed by atoms with Gasteiger partial charge in [0.2, 0.25) is 0 Å². The predicted molar refractivity (Wildman–Crippen MR) is 42.7 cm³/mol. The summed E-state index contributed by atoms with van der Waals surface area (Å²) < 4.78 is 38.8. The molecule has 0 heterocycles. The van der Waals surface area contributed by atoms with Crippen LogP contribution < -0.4 is 10.5 Å². The van der Waals surface area contributed by atoms with Crippen LogP contribution >= 0.6 is 0 Å². The molecule has 0 spiro atoms. The van der Waals surface area contributed by atoms with Crippen molar-refractivity contribution in [3.05, 3.63) is 23.8 Å². The molecule has 14 heavy (non-hydrogen) atoms. The Morgan fingerprint density at radius 1 is 1.36 bits per heavy atom. The van der Waals surface area contributed by atoms with E-state index >= 15 is 0 Å². The topological polar surface area (TPSA) is 55.5 Å². The molecule has 1 aromatic rings. The van der Waals surface area contributed by atoms with Crippen molar-refractivity contribution in [2.45, 2.75) is 12.9 Å². The fourth-order valence-corrected chi connectivity index (χ4v) is 0.901. The van der Waals surface area contributed by atoms with Crippen LogP contribution in [-0.4, -0.2) is 11.5 Å². The van der Waals surface area contributed by atoms with Crippen molar-refractivity contribution >= 4 is 0 Å². The number of alkyl halides is 3. The van der Waals surface area contributed by atoms with Crippen LogP contribution in [0.1, 0.15) is 5.56 Å². The minimum Gasteiger partial charge on any atom is -0.504 e. The van der Waals surface area contributed by atoms with Crippen LogP contribution in [0.25, 0.3) is 0 Å². The molecule has 0 fully saturated rings. The van der Waals surface area contributed by atoms with Gasteiger partial charge in [-0.05, 0) is 17.7 Å². The van der Waals surface area contributed by atoms with Crippen molar-refractivity contribution < 1.29 is 23.0 Å². The van der Waals surface area contributed by atoms with Crippen molar-refractivity contribution in [1.82, 2.24) is 0 Å². The fraction of sp³-hybridized carbons (Fsp3) is 0.250. The first-order valence-electron chi connectivity index (χ1n) is 3.70. The molecule has 0 atom stereocenters. The Hall–Kier alpha value is -1.43. The Morgan fingerprint density at radius 3 is 2.43 bits per heavy atom. The minimum atomic E-state index is -4.80. The Labute approximate surface area is 77.9 Å². The van der Waals surface area contributed by atoms with E-state index in [2.05, 4.69) is 4.74 Å². The van der Waals surface area contributed by atoms with Gasteiger partial charge in [0.1, 0.15) is 0 Å². The van der Waals surface area contributed by atoms with Crippen molar-refractivity contribution in [3.8, 4) is 11.5 Å². The number of aromatic hydroxyl groups is 1. The zero-order valence-electron chi connectivity index (χ0n) is 7.01. The number of benzene rings is 1. The van der Waals surface area contributed by atoms with Crippen LogP contribution in [0.4, 0.5) is 13.2 Å². The fourth-order valence-electron chi connectivity index (χ4n) is 0.901. The van der Waals surface area contributed by atoms with E-state index in [1.807, 2.05) is 0 Å². The van der Waals surface area contributed by atoms with Gasteiger partial charge in [-0.15, -0.1) is 13.2 Å². The summed E-state index contributed by atoms with van der Waals surface area (Å²) in [6.07, 6.45) is -4.80. The summed E-state index contributed by atoms with van der Waals surface area (Å²) in [5, 5.41) is 9.11. The highest BCUT2D eigenvalue weighted by molar-refractivity contribution is 5.41. The van der Waals surface area contributed by atoms with E-state index in [0.29, 0.717) is 5.56 Å². The molecule has 0 radical (unpaired) electrons. The molecule has 3 nitrogen and oxygen atoms in total. The molecule has 78 valence electrons. The lowest BCUT2D eigenvalue weighted by Crippen LogP contribution is -2.17. The average molecular weight is 207 g/mol. The number of ether oxygens (including phenoxy) is 1. The van der Waals surface area contributed by atoms with Gasteiger partial charge in [0, 0.05) is 6.54 Å². The number of phenols is 1. The summed E-state index contributed by atoms with van der Waals surface area (Å²) in [5.74, 6) is -1.21. The Morgan fingerprint density at radius 2 is 2.00 bits per heavy atom. The molecule has 0 bridgehead atoms. The van der Waals surface area contributed by atoms with Gasteiger partial charge in [0.25, 0.3) is 0 Å². The summed E-state index contributed by atoms with van der Waals surface area (Å²) in [6.45, 7) is 0.139. The third-order valence-electron chi connectivity index (χ3n) is 1.48. The van der Waals surface area contributed by atoms with Crippen LogP contribution in [-0.2, 0) is 6.54 Å². The Bertz CT molecular complexity index is 325. The Kier molecular flexibility index (Phi) is 2.85. The zero-order valence-corrected chi connectivity index (χ0v) is 7.01. The smallest absolute Gasteiger partial charge is 0.504 e. The van der Waals surface area contributed by atoms with Gasteiger partial charge >= 0.3 is 6.36 Å². The lowest BCUT2D eigenvalue weighted by atomic mass is 10.2. The third-order valence-corrected chi connectivity index (χ3v) is 1.48. The van der Waals surface area contributed by atoms with Crippen molar-refractivity contribution in [2.75, 3.05) is 0 Å². The lowest BCUT2D eigenvalue weighted by Gasteiger charge is -2.10. The normalized spacial score (nSPS) is 11.4. The first kappa shape index (κ1) is 10.6. The summed E-state index contributed by atoms with van der Waals surface area (Å²) in [7, 11) is 0. The van der Waals surface area contributed by atoms with E-state index < -0.39 is 17.9 Å². The maximum atomic E-state index is 11.7. The van der Waals surface area contributed by atoms with E-state index in [0.717, 1.165) is 12.1 Å². The molecule has 0 saturated carbocycles. The number of halogens is 3. The van der Waals surface area contributed by atoms with Gasteiger partial charge in [-0.1, -0.05) is 6.07 Å². The van der Waals surface area contributed by atoms with E-state index in [4.69, 9.17) is 10.8 Å². The molecule has 0 amide bonds. The quantitative estimate of drug-likeness (QED) is 0.776. The van der Waals surface area contributed by atoms with Crippen LogP contribution in [0, 0.1) is 0 Å². The highest BCUT2D eigenvalue weighted by Crippen LogP contribution is 2.31. The Balaban J connectivity index is 2.89. The molecule has 6 heteroatoms. The van der Waals surface area contributed by atoms with Crippen LogP contribution in [0.3, 0.4) is 0 Å². The molecule has 0 unspecified atom stereocenters. The highest BCUT2D eigenvalue weighted by Gasteiger charge is 2.32. The maximum Gasteiger partial charge on any atom is 0.573 e. The van der Waals surface area contributed by atoms with Gasteiger partial charge in [-0.3, -0.25) is 0 Å². The SMILES string of the molecule is NCc1ccc(OC(F)(F)F)c(O)c1. The monoisotopic (exact) mass is 207 g/mol. The number of hydrogen-bond donors (Lipinski definition) is 2. The second kappa shape index (κ2) is 3.75. The highest BCUT2D eigenvalue weighted by atomic mass is 19.4. The number of hydrogen-bond acceptors (Lipinski definition) is 3. The number of rotatable bonds is 2. The van der Waals surface area contributed by atoms with Gasteiger partial charge in [-0.25, -0.2) is 0 Å². The van der Waals surface area contributed by atoms with Gasteiger partial charge in [0.15, 0.2) is 11.5 Å². The second-order valence-corrected chi connectivity index (χ2v) is 2.55. The molecule has 0 saturated heterocycles. The molecule has 3 N–H and O–H groups in total. The zero-order chi connectivity index (χ0) is 10.8. The first-order chi connectivity index (χ1) is 6.42. The summed E-state index contributed by atoms with van der Waals surface area (Å²) in [4.78, 5) is 0. The predicted octanol–water partition coefficient (Wildman–Crippen LogP) is 1.75. The van der Waals surface area contributed by atoms with Gasteiger partial charge in [0.05, 0.1) is 0 Å². The average Bonchev–Trinajstić information content (AvgIpc) is 2.06. The van der Waals surface area contributed by atoms with E-state index in [9.17, 15) is 13.2 Å². The molecule has 0 aliphatic heterocycles. The van der Waals surface area contributed by atoms with Crippen LogP contribution in [0.5, 0.6) is 11.5 Å². The second-order valence-electron chi connectivity index (χ2n) is 2.55. The summed E-state index contributed by atoms with van der Waals surface area (Å²) >= 11 is 0. The van der Waals surface area contributed by atoms with E-state index in [1.54, 1.807) is 0 Å². The van der Waals surface area contributed by atoms with E-state index in [-0.39, 0.29) is 6.54 Å². The van der Waals surface area contributed by atoms with Crippen molar-refractivity contribution in [1.29, 1.82) is 0 Å². The molecule has 1 aromatic carbocycles. The van der Waals surface area contributed by atoms with Crippen molar-refractivity contribution in [3.63, 3.8) is 0 Å². The third kappa shape index (κ3) is 2.81. The summed E-state index contributed by atoms with van der Waals surface area (Å²) in [6, 6.07) is 3.49. The molecular weight excluding hydrogens is 199 g/mol. The lowest BCUT2D eigenvalue weighted by molar-refractivity contribution is -0.275. The van der Waals surface area contributed by atoms with Gasteiger partial charge < -0.3 is 15.6 Å². The molecular formula is C8H8F3NO2. The van der Waals surface area contributed by atoms with Crippen molar-refractivity contribution in [2.24, 2.45) is 5.73 Å². The standard InChI is InChI=1S/C8H8F3NO2/c9-8(10,11)14-7-2-1-5(4-12)3-6(7)13/h1-3,13H,4,12H2. The largest absolute Gasteiger partial charge is 0.573 e. The molecule has 0 aromatic heterocycles. The van der Waals surface area contributed by atoms with Crippen LogP contribution in [0.15, 0.2) is 18.2 Å². The maximum absolute atomic E-state index is 11.7. The van der Waals surface area contributed by atoms with Gasteiger partial charge in [-0.2, -0.15) is 0 Å². The molecule has 0 aliphatic rings. The molecule has 0 aliphatic carbocycles. The number of phenolic OH excluding ortho intramolecular Hbond substituents is 1. The summed E-state index contributed by atoms with van der Waals surface area (Å²) in [5.41, 5.74) is 5.75. The van der Waals surface area contributed by atoms with Crippen LogP contribution in [0.2, 0.25) is 0 Å². The number of nitrogens with two attached hydrogens (primary N) is 1.